The Morgan fingerprint density at radius 2 is 2.19 bits per heavy atom. The Bertz CT molecular complexity index is 944. The average molecular weight is 305 g/mol. The topological polar surface area (TPSA) is 50.4 Å². The molecule has 3 rings (SSSR count). The van der Waals surface area contributed by atoms with Gasteiger partial charge in [-0.2, -0.15) is 0 Å². The molecule has 106 valence electrons. The van der Waals surface area contributed by atoms with Gasteiger partial charge >= 0.3 is 0 Å². The molecular formula is C16H10ClFO3. The highest BCUT2D eigenvalue weighted by molar-refractivity contribution is 6.36. The molecule has 0 saturated heterocycles. The molecule has 0 aliphatic heterocycles. The lowest BCUT2D eigenvalue weighted by Gasteiger charge is -2.08. The van der Waals surface area contributed by atoms with Crippen LogP contribution in [0.15, 0.2) is 46.1 Å². The molecule has 0 radical (unpaired) electrons. The van der Waals surface area contributed by atoms with E-state index in [0.717, 1.165) is 0 Å². The molecule has 3 aromatic rings. The summed E-state index contributed by atoms with van der Waals surface area (Å²) in [6, 6.07) is 5.56. The van der Waals surface area contributed by atoms with Crippen molar-refractivity contribution < 1.29 is 13.9 Å². The van der Waals surface area contributed by atoms with E-state index in [2.05, 4.69) is 6.58 Å². The summed E-state index contributed by atoms with van der Waals surface area (Å²) in [4.78, 5) is 12.5. The van der Waals surface area contributed by atoms with E-state index in [4.69, 9.17) is 16.0 Å². The largest absolute Gasteiger partial charge is 0.506 e. The molecule has 21 heavy (non-hydrogen) atoms. The van der Waals surface area contributed by atoms with E-state index in [0.29, 0.717) is 12.0 Å². The summed E-state index contributed by atoms with van der Waals surface area (Å²) in [7, 11) is 0. The maximum absolute atomic E-state index is 13.8. The van der Waals surface area contributed by atoms with E-state index in [1.165, 1.54) is 24.3 Å². The standard InChI is InChI=1S/C16H10ClFO3/c1-2-4-8-7-9-15(20)12-10(18)5-3-6-11(12)21-16(9)13(17)14(8)19/h2-3,5-7,19H,1,4H2. The normalized spacial score (nSPS) is 11.1. The third kappa shape index (κ3) is 1.99. The zero-order valence-electron chi connectivity index (χ0n) is 10.8. The van der Waals surface area contributed by atoms with E-state index < -0.39 is 11.2 Å². The third-order valence-corrected chi connectivity index (χ3v) is 3.65. The first-order valence-corrected chi connectivity index (χ1v) is 6.58. The van der Waals surface area contributed by atoms with E-state index in [1.54, 1.807) is 6.08 Å². The van der Waals surface area contributed by atoms with Crippen LogP contribution in [0.2, 0.25) is 5.02 Å². The van der Waals surface area contributed by atoms with Crippen LogP contribution < -0.4 is 5.43 Å². The van der Waals surface area contributed by atoms with Crippen molar-refractivity contribution in [2.24, 2.45) is 0 Å². The summed E-state index contributed by atoms with van der Waals surface area (Å²) in [6.45, 7) is 3.58. The molecule has 1 heterocycles. The maximum atomic E-state index is 13.8. The molecule has 1 N–H and O–H groups in total. The Morgan fingerprint density at radius 1 is 1.43 bits per heavy atom. The molecular weight excluding hydrogens is 295 g/mol. The van der Waals surface area contributed by atoms with E-state index >= 15 is 0 Å². The second-order valence-electron chi connectivity index (χ2n) is 4.61. The highest BCUT2D eigenvalue weighted by Crippen LogP contribution is 2.36. The van der Waals surface area contributed by atoms with Crippen molar-refractivity contribution >= 4 is 33.5 Å². The summed E-state index contributed by atoms with van der Waals surface area (Å²) in [5.74, 6) is -0.819. The molecule has 5 heteroatoms. The number of hydrogen-bond acceptors (Lipinski definition) is 3. The van der Waals surface area contributed by atoms with Crippen molar-refractivity contribution in [3.8, 4) is 5.75 Å². The number of aromatic hydroxyl groups is 1. The molecule has 0 fully saturated rings. The quantitative estimate of drug-likeness (QED) is 0.571. The number of phenolic OH excluding ortho intramolecular Hbond substituents is 1. The first kappa shape index (κ1) is 13.6. The fourth-order valence-corrected chi connectivity index (χ4v) is 2.57. The maximum Gasteiger partial charge on any atom is 0.203 e. The fraction of sp³-hybridized carbons (Fsp3) is 0.0625. The lowest BCUT2D eigenvalue weighted by atomic mass is 10.1. The lowest BCUT2D eigenvalue weighted by molar-refractivity contribution is 0.469. The summed E-state index contributed by atoms with van der Waals surface area (Å²) < 4.78 is 19.3. The minimum Gasteiger partial charge on any atom is -0.506 e. The molecule has 0 unspecified atom stereocenters. The van der Waals surface area contributed by atoms with Crippen molar-refractivity contribution in [3.05, 3.63) is 63.5 Å². The van der Waals surface area contributed by atoms with Crippen LogP contribution in [0.25, 0.3) is 21.9 Å². The second-order valence-corrected chi connectivity index (χ2v) is 4.99. The first-order valence-electron chi connectivity index (χ1n) is 6.21. The minimum absolute atomic E-state index is 0.0464. The Labute approximate surface area is 123 Å². The van der Waals surface area contributed by atoms with Gasteiger partial charge in [-0.25, -0.2) is 4.39 Å². The van der Waals surface area contributed by atoms with Crippen molar-refractivity contribution in [2.45, 2.75) is 6.42 Å². The van der Waals surface area contributed by atoms with Gasteiger partial charge in [0, 0.05) is 5.56 Å². The van der Waals surface area contributed by atoms with Crippen LogP contribution in [0.4, 0.5) is 4.39 Å². The number of fused-ring (bicyclic) bond motifs is 2. The van der Waals surface area contributed by atoms with E-state index in [9.17, 15) is 14.3 Å². The van der Waals surface area contributed by atoms with Gasteiger partial charge in [-0.3, -0.25) is 4.79 Å². The zero-order valence-corrected chi connectivity index (χ0v) is 11.6. The van der Waals surface area contributed by atoms with Crippen LogP contribution in [0.5, 0.6) is 5.75 Å². The van der Waals surface area contributed by atoms with Crippen LogP contribution >= 0.6 is 11.6 Å². The number of allylic oxidation sites excluding steroid dienone is 1. The predicted octanol–water partition coefficient (Wildman–Crippen LogP) is 4.17. The van der Waals surface area contributed by atoms with Crippen molar-refractivity contribution in [3.63, 3.8) is 0 Å². The molecule has 2 aromatic carbocycles. The number of phenols is 1. The van der Waals surface area contributed by atoms with Gasteiger partial charge in [-0.15, -0.1) is 6.58 Å². The molecule has 0 aliphatic carbocycles. The van der Waals surface area contributed by atoms with Gasteiger partial charge in [0.1, 0.15) is 27.6 Å². The molecule has 3 nitrogen and oxygen atoms in total. The van der Waals surface area contributed by atoms with Gasteiger partial charge in [0.05, 0.1) is 5.39 Å². The predicted molar refractivity (Wildman–Crippen MR) is 80.5 cm³/mol. The van der Waals surface area contributed by atoms with Crippen molar-refractivity contribution in [2.75, 3.05) is 0 Å². The molecule has 1 aromatic heterocycles. The van der Waals surface area contributed by atoms with Crippen LogP contribution in [0, 0.1) is 5.82 Å². The fourth-order valence-electron chi connectivity index (χ4n) is 2.31. The minimum atomic E-state index is -0.655. The zero-order chi connectivity index (χ0) is 15.1. The van der Waals surface area contributed by atoms with Gasteiger partial charge in [0.2, 0.25) is 5.43 Å². The Hall–Kier alpha value is -2.33. The third-order valence-electron chi connectivity index (χ3n) is 3.30. The van der Waals surface area contributed by atoms with Crippen molar-refractivity contribution in [1.29, 1.82) is 0 Å². The smallest absolute Gasteiger partial charge is 0.203 e. The highest BCUT2D eigenvalue weighted by atomic mass is 35.5. The first-order chi connectivity index (χ1) is 10.0. The van der Waals surface area contributed by atoms with E-state index in [1.807, 2.05) is 0 Å². The van der Waals surface area contributed by atoms with Crippen molar-refractivity contribution in [1.82, 2.24) is 0 Å². The Balaban J connectivity index is 2.55. The monoisotopic (exact) mass is 304 g/mol. The van der Waals surface area contributed by atoms with Crippen LogP contribution in [-0.4, -0.2) is 5.11 Å². The molecule has 0 aliphatic rings. The van der Waals surface area contributed by atoms with Gasteiger partial charge < -0.3 is 9.52 Å². The van der Waals surface area contributed by atoms with Gasteiger partial charge in [0.25, 0.3) is 0 Å². The van der Waals surface area contributed by atoms with Crippen LogP contribution in [-0.2, 0) is 6.42 Å². The molecule has 0 saturated carbocycles. The number of rotatable bonds is 2. The van der Waals surface area contributed by atoms with E-state index in [-0.39, 0.29) is 32.7 Å². The Kier molecular flexibility index (Phi) is 3.18. The number of benzene rings is 2. The number of halogens is 2. The Morgan fingerprint density at radius 3 is 2.90 bits per heavy atom. The molecule has 0 spiro atoms. The average Bonchev–Trinajstić information content (AvgIpc) is 2.46. The highest BCUT2D eigenvalue weighted by Gasteiger charge is 2.18. The van der Waals surface area contributed by atoms with Crippen LogP contribution in [0.1, 0.15) is 5.56 Å². The van der Waals surface area contributed by atoms with Gasteiger partial charge in [-0.05, 0) is 24.6 Å². The summed E-state index contributed by atoms with van der Waals surface area (Å²) >= 11 is 6.07. The molecule has 0 atom stereocenters. The van der Waals surface area contributed by atoms with Crippen LogP contribution in [0.3, 0.4) is 0 Å². The summed E-state index contributed by atoms with van der Waals surface area (Å²) in [5, 5.41) is 9.97. The second kappa shape index (κ2) is 4.90. The van der Waals surface area contributed by atoms with Gasteiger partial charge in [0.15, 0.2) is 5.58 Å². The van der Waals surface area contributed by atoms with Gasteiger partial charge in [-0.1, -0.05) is 23.7 Å². The summed E-state index contributed by atoms with van der Waals surface area (Å²) in [6.07, 6.45) is 1.90. The SMILES string of the molecule is C=CCc1cc2c(=O)c3c(F)cccc3oc2c(Cl)c1O. The molecule has 0 amide bonds. The molecule has 0 bridgehead atoms. The number of hydrogen-bond donors (Lipinski definition) is 1. The lowest BCUT2D eigenvalue weighted by Crippen LogP contribution is -2.05. The summed E-state index contributed by atoms with van der Waals surface area (Å²) in [5.41, 5.74) is 0.0531.